The topological polar surface area (TPSA) is 3.24 Å². The Bertz CT molecular complexity index is 352. The van der Waals surface area contributed by atoms with Crippen LogP contribution in [0.5, 0.6) is 0 Å². The highest BCUT2D eigenvalue weighted by Crippen LogP contribution is 2.33. The first-order valence-corrected chi connectivity index (χ1v) is 5.04. The zero-order chi connectivity index (χ0) is 10.3. The smallest absolute Gasteiger partial charge is 0.123 e. The predicted molar refractivity (Wildman–Crippen MR) is 63.9 cm³/mol. The van der Waals surface area contributed by atoms with Gasteiger partial charge in [-0.25, -0.2) is 4.39 Å². The first kappa shape index (κ1) is 12.0. The fourth-order valence-corrected chi connectivity index (χ4v) is 2.07. The van der Waals surface area contributed by atoms with E-state index in [1.165, 1.54) is 5.69 Å². The van der Waals surface area contributed by atoms with Crippen molar-refractivity contribution in [3.63, 3.8) is 0 Å². The van der Waals surface area contributed by atoms with E-state index in [-0.39, 0.29) is 18.8 Å². The van der Waals surface area contributed by atoms with Crippen LogP contribution in [0.25, 0.3) is 0 Å². The van der Waals surface area contributed by atoms with E-state index in [1.54, 1.807) is 12.1 Å². The zero-order valence-electron chi connectivity index (χ0n) is 8.97. The summed E-state index contributed by atoms with van der Waals surface area (Å²) in [6, 6.07) is 5.09. The van der Waals surface area contributed by atoms with E-state index in [0.29, 0.717) is 0 Å². The average Bonchev–Trinajstić information content (AvgIpc) is 2.45. The van der Waals surface area contributed by atoms with E-state index in [4.69, 9.17) is 0 Å². The van der Waals surface area contributed by atoms with Gasteiger partial charge in [0.15, 0.2) is 0 Å². The van der Waals surface area contributed by atoms with E-state index in [1.807, 2.05) is 6.07 Å². The Morgan fingerprint density at radius 1 is 1.27 bits per heavy atom. The molecule has 0 fully saturated rings. The maximum absolute atomic E-state index is 13.0. The third-order valence-corrected chi connectivity index (χ3v) is 2.75. The largest absolute Gasteiger partial charge is 0.366 e. The Balaban J connectivity index is 0.00000112. The Kier molecular flexibility index (Phi) is 3.08. The third kappa shape index (κ3) is 2.14. The van der Waals surface area contributed by atoms with Crippen molar-refractivity contribution in [1.29, 1.82) is 0 Å². The highest BCUT2D eigenvalue weighted by atomic mass is 19.1. The predicted octanol–water partition coefficient (Wildman–Crippen LogP) is 3.62. The Morgan fingerprint density at radius 3 is 2.53 bits per heavy atom. The van der Waals surface area contributed by atoms with Gasteiger partial charge in [0.05, 0.1) is 0 Å². The summed E-state index contributed by atoms with van der Waals surface area (Å²) < 4.78 is 13.0. The number of benzene rings is 1. The van der Waals surface area contributed by atoms with Crippen LogP contribution < -0.4 is 4.90 Å². The molecule has 0 bridgehead atoms. The van der Waals surface area contributed by atoms with E-state index in [9.17, 15) is 4.39 Å². The van der Waals surface area contributed by atoms with Crippen LogP contribution in [0.1, 0.15) is 33.8 Å². The van der Waals surface area contributed by atoms with Crippen LogP contribution in [0.15, 0.2) is 18.2 Å². The quantitative estimate of drug-likeness (QED) is 0.630. The van der Waals surface area contributed by atoms with Gasteiger partial charge in [0.1, 0.15) is 5.82 Å². The molecule has 1 aliphatic rings. The first-order valence-electron chi connectivity index (χ1n) is 5.04. The molecule has 1 aromatic rings. The summed E-state index contributed by atoms with van der Waals surface area (Å²) in [5.41, 5.74) is 2.46. The molecule has 1 aromatic carbocycles. The van der Waals surface area contributed by atoms with Crippen LogP contribution in [0.4, 0.5) is 10.1 Å². The second kappa shape index (κ2) is 3.84. The van der Waals surface area contributed by atoms with Crippen molar-refractivity contribution in [3.05, 3.63) is 29.6 Å². The molecule has 0 aliphatic carbocycles. The molecule has 0 atom stereocenters. The molecule has 2 rings (SSSR count). The van der Waals surface area contributed by atoms with E-state index < -0.39 is 0 Å². The molecule has 1 aliphatic heterocycles. The maximum atomic E-state index is 13.0. The molecular formula is C13H20FN. The number of anilines is 1. The summed E-state index contributed by atoms with van der Waals surface area (Å²) in [6.07, 6.45) is 0.963. The van der Waals surface area contributed by atoms with Crippen molar-refractivity contribution in [2.24, 2.45) is 0 Å². The van der Waals surface area contributed by atoms with Crippen LogP contribution in [-0.4, -0.2) is 12.1 Å². The van der Waals surface area contributed by atoms with Crippen molar-refractivity contribution in [2.45, 2.75) is 40.2 Å². The molecule has 1 nitrogen and oxygen atoms in total. The molecular weight excluding hydrogens is 189 g/mol. The zero-order valence-corrected chi connectivity index (χ0v) is 8.97. The number of fused-ring (bicyclic) bond motifs is 1. The van der Waals surface area contributed by atoms with Gasteiger partial charge in [0, 0.05) is 17.8 Å². The normalized spacial score (nSPS) is 14.8. The van der Waals surface area contributed by atoms with Gasteiger partial charge >= 0.3 is 0 Å². The van der Waals surface area contributed by atoms with Crippen molar-refractivity contribution in [3.8, 4) is 0 Å². The molecule has 2 heteroatoms. The van der Waals surface area contributed by atoms with Crippen LogP contribution >= 0.6 is 0 Å². The monoisotopic (exact) mass is 209 g/mol. The minimum Gasteiger partial charge on any atom is -0.366 e. The fourth-order valence-electron chi connectivity index (χ4n) is 2.07. The highest BCUT2D eigenvalue weighted by molar-refractivity contribution is 5.59. The molecule has 1 heterocycles. The molecule has 0 N–H and O–H groups in total. The van der Waals surface area contributed by atoms with E-state index >= 15 is 0 Å². The minimum atomic E-state index is -0.125. The summed E-state index contributed by atoms with van der Waals surface area (Å²) in [5.74, 6) is -0.125. The van der Waals surface area contributed by atoms with Crippen molar-refractivity contribution in [1.82, 2.24) is 0 Å². The molecule has 0 amide bonds. The van der Waals surface area contributed by atoms with Crippen molar-refractivity contribution >= 4 is 5.69 Å². The standard InChI is InChI=1S/C12H16FN.CH4/c1-12(2,3)14-7-6-9-8-10(13)4-5-11(9)14;/h4-5,8H,6-7H2,1-3H3;1H4. The second-order valence-electron chi connectivity index (χ2n) is 4.85. The van der Waals surface area contributed by atoms with Crippen LogP contribution in [-0.2, 0) is 6.42 Å². The molecule has 0 radical (unpaired) electrons. The lowest BCUT2D eigenvalue weighted by molar-refractivity contribution is 0.518. The van der Waals surface area contributed by atoms with Gasteiger partial charge in [-0.2, -0.15) is 0 Å². The highest BCUT2D eigenvalue weighted by Gasteiger charge is 2.28. The lowest BCUT2D eigenvalue weighted by atomic mass is 10.1. The number of nitrogens with zero attached hydrogens (tertiary/aromatic N) is 1. The average molecular weight is 209 g/mol. The lowest BCUT2D eigenvalue weighted by Gasteiger charge is -2.34. The van der Waals surface area contributed by atoms with Crippen LogP contribution in [0, 0.1) is 5.82 Å². The van der Waals surface area contributed by atoms with Gasteiger partial charge in [-0.3, -0.25) is 0 Å². The molecule has 0 spiro atoms. The Labute approximate surface area is 91.9 Å². The number of hydrogen-bond donors (Lipinski definition) is 0. The molecule has 0 unspecified atom stereocenters. The molecule has 0 saturated heterocycles. The van der Waals surface area contributed by atoms with Gasteiger partial charge in [-0.1, -0.05) is 7.43 Å². The number of hydrogen-bond acceptors (Lipinski definition) is 1. The van der Waals surface area contributed by atoms with Gasteiger partial charge in [-0.15, -0.1) is 0 Å². The molecule has 0 aromatic heterocycles. The maximum Gasteiger partial charge on any atom is 0.123 e. The number of halogens is 1. The summed E-state index contributed by atoms with van der Waals surface area (Å²) in [5, 5.41) is 0. The third-order valence-electron chi connectivity index (χ3n) is 2.75. The SMILES string of the molecule is C.CC(C)(C)N1CCc2cc(F)ccc21. The van der Waals surface area contributed by atoms with Crippen LogP contribution in [0.2, 0.25) is 0 Å². The minimum absolute atomic E-state index is 0. The summed E-state index contributed by atoms with van der Waals surface area (Å²) in [7, 11) is 0. The van der Waals surface area contributed by atoms with Crippen molar-refractivity contribution in [2.75, 3.05) is 11.4 Å². The van der Waals surface area contributed by atoms with E-state index in [2.05, 4.69) is 25.7 Å². The Hall–Kier alpha value is -1.05. The number of rotatable bonds is 0. The fraction of sp³-hybridized carbons (Fsp3) is 0.538. The van der Waals surface area contributed by atoms with Gasteiger partial charge in [0.25, 0.3) is 0 Å². The summed E-state index contributed by atoms with van der Waals surface area (Å²) in [6.45, 7) is 7.56. The van der Waals surface area contributed by atoms with E-state index in [0.717, 1.165) is 18.5 Å². The lowest BCUT2D eigenvalue weighted by Crippen LogP contribution is -2.40. The van der Waals surface area contributed by atoms with Crippen molar-refractivity contribution < 1.29 is 4.39 Å². The summed E-state index contributed by atoms with van der Waals surface area (Å²) in [4.78, 5) is 2.34. The van der Waals surface area contributed by atoms with Gasteiger partial charge in [0.2, 0.25) is 0 Å². The molecule has 84 valence electrons. The Morgan fingerprint density at radius 2 is 1.93 bits per heavy atom. The van der Waals surface area contributed by atoms with Crippen LogP contribution in [0.3, 0.4) is 0 Å². The molecule has 0 saturated carbocycles. The second-order valence-corrected chi connectivity index (χ2v) is 4.85. The van der Waals surface area contributed by atoms with Gasteiger partial charge < -0.3 is 4.90 Å². The van der Waals surface area contributed by atoms with Gasteiger partial charge in [-0.05, 0) is 51.0 Å². The molecule has 15 heavy (non-hydrogen) atoms. The summed E-state index contributed by atoms with van der Waals surface area (Å²) >= 11 is 0. The first-order chi connectivity index (χ1) is 6.48.